The summed E-state index contributed by atoms with van der Waals surface area (Å²) in [4.78, 5) is 4.55. The summed E-state index contributed by atoms with van der Waals surface area (Å²) in [5, 5.41) is 6.98. The molecular weight excluding hydrogens is 414 g/mol. The molecule has 0 amide bonds. The first-order valence-electron chi connectivity index (χ1n) is 8.01. The number of ether oxygens (including phenoxy) is 2. The van der Waals surface area contributed by atoms with Crippen LogP contribution in [0.3, 0.4) is 0 Å². The summed E-state index contributed by atoms with van der Waals surface area (Å²) < 4.78 is 11.6. The van der Waals surface area contributed by atoms with Gasteiger partial charge in [0.15, 0.2) is 0 Å². The maximum absolute atomic E-state index is 5.50. The van der Waals surface area contributed by atoms with E-state index in [0.717, 1.165) is 37.9 Å². The lowest BCUT2D eigenvalue weighted by Crippen LogP contribution is -1.94. The molecule has 1 aromatic heterocycles. The predicted molar refractivity (Wildman–Crippen MR) is 111 cm³/mol. The van der Waals surface area contributed by atoms with E-state index in [1.807, 2.05) is 54.8 Å². The Kier molecular flexibility index (Phi) is 6.25. The van der Waals surface area contributed by atoms with Crippen LogP contribution in [0.1, 0.15) is 12.5 Å². The van der Waals surface area contributed by atoms with Crippen LogP contribution >= 0.6 is 27.3 Å². The molecule has 134 valence electrons. The lowest BCUT2D eigenvalue weighted by Gasteiger charge is -2.05. The fraction of sp³-hybridized carbons (Fsp3) is 0.158. The summed E-state index contributed by atoms with van der Waals surface area (Å²) >= 11 is 5.00. The molecule has 5 nitrogen and oxygen atoms in total. The highest BCUT2D eigenvalue weighted by atomic mass is 79.9. The van der Waals surface area contributed by atoms with Crippen molar-refractivity contribution in [3.8, 4) is 22.8 Å². The van der Waals surface area contributed by atoms with Gasteiger partial charge < -0.3 is 9.47 Å². The third-order valence-electron chi connectivity index (χ3n) is 3.52. The molecule has 0 radical (unpaired) electrons. The van der Waals surface area contributed by atoms with Crippen molar-refractivity contribution in [2.45, 2.75) is 6.92 Å². The molecule has 0 aliphatic heterocycles. The van der Waals surface area contributed by atoms with Crippen LogP contribution in [0.15, 0.2) is 57.4 Å². The Morgan fingerprint density at radius 3 is 2.73 bits per heavy atom. The molecule has 0 bridgehead atoms. The van der Waals surface area contributed by atoms with Crippen molar-refractivity contribution in [1.82, 2.24) is 4.98 Å². The number of nitrogens with zero attached hydrogens (tertiary/aromatic N) is 2. The molecule has 0 atom stereocenters. The summed E-state index contributed by atoms with van der Waals surface area (Å²) in [6.07, 6.45) is 1.74. The maximum Gasteiger partial charge on any atom is 0.203 e. The molecule has 3 aromatic rings. The summed E-state index contributed by atoms with van der Waals surface area (Å²) in [5.41, 5.74) is 5.87. The highest BCUT2D eigenvalue weighted by molar-refractivity contribution is 9.10. The number of hydrazone groups is 1. The van der Waals surface area contributed by atoms with Gasteiger partial charge >= 0.3 is 0 Å². The predicted octanol–water partition coefficient (Wildman–Crippen LogP) is 5.43. The number of benzene rings is 2. The van der Waals surface area contributed by atoms with E-state index in [2.05, 4.69) is 31.4 Å². The van der Waals surface area contributed by atoms with E-state index < -0.39 is 0 Å². The molecule has 0 aliphatic rings. The van der Waals surface area contributed by atoms with Crippen LogP contribution in [0.5, 0.6) is 11.5 Å². The first kappa shape index (κ1) is 18.4. The maximum atomic E-state index is 5.50. The van der Waals surface area contributed by atoms with E-state index in [0.29, 0.717) is 6.61 Å². The summed E-state index contributed by atoms with van der Waals surface area (Å²) in [6.45, 7) is 2.59. The van der Waals surface area contributed by atoms with E-state index >= 15 is 0 Å². The Morgan fingerprint density at radius 2 is 2.04 bits per heavy atom. The smallest absolute Gasteiger partial charge is 0.203 e. The number of hydrogen-bond acceptors (Lipinski definition) is 6. The Morgan fingerprint density at radius 1 is 1.23 bits per heavy atom. The van der Waals surface area contributed by atoms with Crippen molar-refractivity contribution in [2.24, 2.45) is 5.10 Å². The second-order valence-electron chi connectivity index (χ2n) is 5.26. The van der Waals surface area contributed by atoms with E-state index in [1.54, 1.807) is 13.3 Å². The van der Waals surface area contributed by atoms with E-state index in [4.69, 9.17) is 9.47 Å². The third kappa shape index (κ3) is 4.62. The average molecular weight is 432 g/mol. The van der Waals surface area contributed by atoms with Gasteiger partial charge in [0, 0.05) is 10.9 Å². The van der Waals surface area contributed by atoms with E-state index in [-0.39, 0.29) is 0 Å². The molecule has 7 heteroatoms. The highest BCUT2D eigenvalue weighted by Gasteiger charge is 2.04. The standard InChI is InChI=1S/C19H18BrN3O2S/c1-3-25-18-9-4-13(10-16(18)20)11-21-23-19-22-17(12-26-19)14-5-7-15(24-2)8-6-14/h4-12H,3H2,1-2H3,(H,22,23)/b21-11-. The molecule has 0 spiro atoms. The fourth-order valence-electron chi connectivity index (χ4n) is 2.25. The second-order valence-corrected chi connectivity index (χ2v) is 6.97. The largest absolute Gasteiger partial charge is 0.497 e. The lowest BCUT2D eigenvalue weighted by atomic mass is 10.2. The van der Waals surface area contributed by atoms with Crippen molar-refractivity contribution >= 4 is 38.6 Å². The molecule has 26 heavy (non-hydrogen) atoms. The minimum absolute atomic E-state index is 0.633. The van der Waals surface area contributed by atoms with Gasteiger partial charge in [-0.3, -0.25) is 5.43 Å². The van der Waals surface area contributed by atoms with Gasteiger partial charge in [-0.05, 0) is 70.9 Å². The van der Waals surface area contributed by atoms with Gasteiger partial charge in [-0.15, -0.1) is 11.3 Å². The minimum Gasteiger partial charge on any atom is -0.497 e. The Labute approximate surface area is 164 Å². The lowest BCUT2D eigenvalue weighted by molar-refractivity contribution is 0.338. The zero-order valence-electron chi connectivity index (χ0n) is 14.4. The van der Waals surface area contributed by atoms with Crippen molar-refractivity contribution < 1.29 is 9.47 Å². The molecule has 2 aromatic carbocycles. The summed E-state index contributed by atoms with van der Waals surface area (Å²) in [6, 6.07) is 13.6. The van der Waals surface area contributed by atoms with Crippen LogP contribution in [0.2, 0.25) is 0 Å². The zero-order valence-corrected chi connectivity index (χ0v) is 16.8. The van der Waals surface area contributed by atoms with Gasteiger partial charge in [-0.1, -0.05) is 0 Å². The number of hydrogen-bond donors (Lipinski definition) is 1. The summed E-state index contributed by atoms with van der Waals surface area (Å²) in [5.74, 6) is 1.65. The molecule has 0 saturated heterocycles. The number of halogens is 1. The van der Waals surface area contributed by atoms with Crippen LogP contribution in [-0.2, 0) is 0 Å². The molecule has 1 heterocycles. The number of thiazole rings is 1. The number of rotatable bonds is 7. The Bertz CT molecular complexity index is 894. The van der Waals surface area contributed by atoms with Gasteiger partial charge in [0.2, 0.25) is 5.13 Å². The van der Waals surface area contributed by atoms with Crippen LogP contribution in [-0.4, -0.2) is 24.9 Å². The fourth-order valence-corrected chi connectivity index (χ4v) is 3.43. The molecule has 1 N–H and O–H groups in total. The number of aromatic nitrogens is 1. The monoisotopic (exact) mass is 431 g/mol. The minimum atomic E-state index is 0.633. The molecular formula is C19H18BrN3O2S. The Balaban J connectivity index is 1.64. The van der Waals surface area contributed by atoms with Crippen molar-refractivity contribution in [1.29, 1.82) is 0 Å². The average Bonchev–Trinajstić information content (AvgIpc) is 3.13. The quantitative estimate of drug-likeness (QED) is 0.400. The molecule has 0 aliphatic carbocycles. The highest BCUT2D eigenvalue weighted by Crippen LogP contribution is 2.27. The van der Waals surface area contributed by atoms with E-state index in [9.17, 15) is 0 Å². The summed E-state index contributed by atoms with van der Waals surface area (Å²) in [7, 11) is 1.65. The van der Waals surface area contributed by atoms with E-state index in [1.165, 1.54) is 11.3 Å². The van der Waals surface area contributed by atoms with Crippen LogP contribution in [0.4, 0.5) is 5.13 Å². The first-order valence-corrected chi connectivity index (χ1v) is 9.68. The molecule has 0 saturated carbocycles. The van der Waals surface area contributed by atoms with Crippen molar-refractivity contribution in [3.05, 3.63) is 57.9 Å². The van der Waals surface area contributed by atoms with Gasteiger partial charge in [-0.2, -0.15) is 5.10 Å². The van der Waals surface area contributed by atoms with Gasteiger partial charge in [0.1, 0.15) is 11.5 Å². The zero-order chi connectivity index (χ0) is 18.4. The number of anilines is 1. The van der Waals surface area contributed by atoms with Gasteiger partial charge in [-0.25, -0.2) is 4.98 Å². The van der Waals surface area contributed by atoms with Gasteiger partial charge in [0.05, 0.1) is 30.1 Å². The van der Waals surface area contributed by atoms with Crippen molar-refractivity contribution in [3.63, 3.8) is 0 Å². The molecule has 0 fully saturated rings. The normalized spacial score (nSPS) is 10.9. The molecule has 0 unspecified atom stereocenters. The van der Waals surface area contributed by atoms with Crippen LogP contribution in [0.25, 0.3) is 11.3 Å². The third-order valence-corrected chi connectivity index (χ3v) is 4.89. The number of nitrogens with one attached hydrogen (secondary N) is 1. The van der Waals surface area contributed by atoms with Gasteiger partial charge in [0.25, 0.3) is 0 Å². The van der Waals surface area contributed by atoms with Crippen molar-refractivity contribution in [2.75, 3.05) is 19.1 Å². The Hall–Kier alpha value is -2.38. The van der Waals surface area contributed by atoms with Crippen LogP contribution < -0.4 is 14.9 Å². The first-order chi connectivity index (χ1) is 12.7. The SMILES string of the molecule is CCOc1ccc(/C=N\Nc2nc(-c3ccc(OC)cc3)cs2)cc1Br. The topological polar surface area (TPSA) is 55.7 Å². The van der Waals surface area contributed by atoms with Crippen LogP contribution in [0, 0.1) is 0 Å². The molecule has 3 rings (SSSR count). The second kappa shape index (κ2) is 8.82. The number of methoxy groups -OCH3 is 1.